The Labute approximate surface area is 138 Å². The minimum atomic E-state index is -0.130. The molecule has 0 N–H and O–H groups in total. The van der Waals surface area contributed by atoms with Gasteiger partial charge in [-0.1, -0.05) is 43.3 Å². The highest BCUT2D eigenvalue weighted by Gasteiger charge is 2.07. The summed E-state index contributed by atoms with van der Waals surface area (Å²) < 4.78 is 1.29. The average Bonchev–Trinajstić information content (AvgIpc) is 2.99. The minimum absolute atomic E-state index is 0.130. The van der Waals surface area contributed by atoms with Crippen LogP contribution < -0.4 is 5.56 Å². The molecule has 2 heterocycles. The third kappa shape index (κ3) is 3.46. The van der Waals surface area contributed by atoms with Crippen LogP contribution in [-0.4, -0.2) is 15.9 Å². The summed E-state index contributed by atoms with van der Waals surface area (Å²) in [6.45, 7) is 4.02. The molecular weight excluding hydrogens is 306 g/mol. The Morgan fingerprint density at radius 2 is 2.13 bits per heavy atom. The Bertz CT molecular complexity index is 936. The predicted molar refractivity (Wildman–Crippen MR) is 97.2 cm³/mol. The lowest BCUT2D eigenvalue weighted by atomic mass is 10.1. The van der Waals surface area contributed by atoms with E-state index in [0.29, 0.717) is 5.39 Å². The Morgan fingerprint density at radius 3 is 2.87 bits per heavy atom. The molecule has 0 aliphatic heterocycles. The largest absolute Gasteiger partial charge is 0.282 e. The second-order valence-corrected chi connectivity index (χ2v) is 6.34. The maximum atomic E-state index is 12.4. The summed E-state index contributed by atoms with van der Waals surface area (Å²) in [5.41, 5.74) is 1.93. The number of fused-ring (bicyclic) bond motifs is 1. The molecule has 0 spiro atoms. The number of aryl methyl sites for hydroxylation is 1. The zero-order valence-corrected chi connectivity index (χ0v) is 13.9. The van der Waals surface area contributed by atoms with E-state index in [-0.39, 0.29) is 5.56 Å². The lowest BCUT2D eigenvalue weighted by molar-refractivity contribution is 0.818. The molecule has 0 bridgehead atoms. The van der Waals surface area contributed by atoms with E-state index in [1.165, 1.54) is 11.0 Å². The molecule has 1 aromatic carbocycles. The van der Waals surface area contributed by atoms with Crippen LogP contribution in [0.15, 0.2) is 58.2 Å². The highest BCUT2D eigenvalue weighted by atomic mass is 32.1. The Morgan fingerprint density at radius 1 is 1.35 bits per heavy atom. The summed E-state index contributed by atoms with van der Waals surface area (Å²) in [6, 6.07) is 11.9. The van der Waals surface area contributed by atoms with Crippen LogP contribution in [0.1, 0.15) is 24.3 Å². The van der Waals surface area contributed by atoms with Gasteiger partial charge in [0, 0.05) is 4.88 Å². The van der Waals surface area contributed by atoms with Crippen molar-refractivity contribution in [2.75, 3.05) is 0 Å². The van der Waals surface area contributed by atoms with Crippen LogP contribution in [0, 0.1) is 0 Å². The van der Waals surface area contributed by atoms with Crippen molar-refractivity contribution >= 4 is 33.8 Å². The van der Waals surface area contributed by atoms with Crippen molar-refractivity contribution in [3.05, 3.63) is 69.1 Å². The highest BCUT2D eigenvalue weighted by Crippen LogP contribution is 2.20. The molecule has 0 amide bonds. The maximum absolute atomic E-state index is 12.4. The first-order valence-corrected chi connectivity index (χ1v) is 8.27. The summed E-state index contributed by atoms with van der Waals surface area (Å²) in [5.74, 6) is 0. The third-order valence-electron chi connectivity index (χ3n) is 3.41. The molecule has 3 rings (SSSR count). The molecule has 0 aliphatic rings. The van der Waals surface area contributed by atoms with E-state index in [9.17, 15) is 4.79 Å². The summed E-state index contributed by atoms with van der Waals surface area (Å²) in [6.07, 6.45) is 6.07. The van der Waals surface area contributed by atoms with Gasteiger partial charge in [-0.2, -0.15) is 9.78 Å². The number of aromatic nitrogens is 2. The molecule has 0 aliphatic carbocycles. The summed E-state index contributed by atoms with van der Waals surface area (Å²) in [4.78, 5) is 18.7. The summed E-state index contributed by atoms with van der Waals surface area (Å²) in [7, 11) is 0. The number of hydrogen-bond donors (Lipinski definition) is 0. The standard InChI is InChI=1S/C18H17N3OS/c1-3-15-10-16-17(23-15)19-12-21(18(16)22)20-11-13(2)9-14-7-5-4-6-8-14/h4-12H,3H2,1-2H3/b13-9+,20-11-. The first kappa shape index (κ1) is 15.4. The van der Waals surface area contributed by atoms with E-state index in [4.69, 9.17) is 0 Å². The van der Waals surface area contributed by atoms with Crippen molar-refractivity contribution in [1.82, 2.24) is 9.66 Å². The molecule has 116 valence electrons. The van der Waals surface area contributed by atoms with Crippen LogP contribution >= 0.6 is 11.3 Å². The fraction of sp³-hybridized carbons (Fsp3) is 0.167. The molecule has 0 saturated heterocycles. The SMILES string of the molecule is CCc1cc2c(=O)n(/N=C\C(C)=C\c3ccccc3)cnc2s1. The van der Waals surface area contributed by atoms with Gasteiger partial charge < -0.3 is 0 Å². The number of rotatable bonds is 4. The van der Waals surface area contributed by atoms with Gasteiger partial charge in [-0.25, -0.2) is 4.98 Å². The topological polar surface area (TPSA) is 47.2 Å². The molecule has 0 saturated carbocycles. The molecule has 0 atom stereocenters. The molecule has 0 unspecified atom stereocenters. The molecule has 2 aromatic heterocycles. The lowest BCUT2D eigenvalue weighted by Gasteiger charge is -1.98. The van der Waals surface area contributed by atoms with Crippen LogP contribution in [0.25, 0.3) is 16.3 Å². The van der Waals surface area contributed by atoms with Gasteiger partial charge in [0.25, 0.3) is 5.56 Å². The van der Waals surface area contributed by atoms with E-state index in [0.717, 1.165) is 27.3 Å². The van der Waals surface area contributed by atoms with Gasteiger partial charge in [0.05, 0.1) is 11.6 Å². The van der Waals surface area contributed by atoms with Gasteiger partial charge in [0.2, 0.25) is 0 Å². The second kappa shape index (κ2) is 6.71. The average molecular weight is 323 g/mol. The number of allylic oxidation sites excluding steroid dienone is 1. The molecule has 0 radical (unpaired) electrons. The van der Waals surface area contributed by atoms with E-state index >= 15 is 0 Å². The molecule has 23 heavy (non-hydrogen) atoms. The van der Waals surface area contributed by atoms with Crippen molar-refractivity contribution in [3.8, 4) is 0 Å². The molecule has 4 nitrogen and oxygen atoms in total. The van der Waals surface area contributed by atoms with Gasteiger partial charge in [0.15, 0.2) is 0 Å². The number of benzene rings is 1. The molecule has 0 fully saturated rings. The van der Waals surface area contributed by atoms with E-state index < -0.39 is 0 Å². The first-order valence-electron chi connectivity index (χ1n) is 7.45. The normalized spacial score (nSPS) is 12.3. The number of hydrogen-bond acceptors (Lipinski definition) is 4. The van der Waals surface area contributed by atoms with Crippen LogP contribution in [0.4, 0.5) is 0 Å². The Hall–Kier alpha value is -2.53. The van der Waals surface area contributed by atoms with E-state index in [2.05, 4.69) is 17.0 Å². The summed E-state index contributed by atoms with van der Waals surface area (Å²) in [5, 5.41) is 4.88. The van der Waals surface area contributed by atoms with Gasteiger partial charge in [0.1, 0.15) is 11.2 Å². The predicted octanol–water partition coefficient (Wildman–Crippen LogP) is 3.96. The van der Waals surface area contributed by atoms with Crippen molar-refractivity contribution in [2.45, 2.75) is 20.3 Å². The zero-order valence-electron chi connectivity index (χ0n) is 13.1. The fourth-order valence-electron chi connectivity index (χ4n) is 2.22. The fourth-order valence-corrected chi connectivity index (χ4v) is 3.15. The zero-order chi connectivity index (χ0) is 16.2. The lowest BCUT2D eigenvalue weighted by Crippen LogP contribution is -2.16. The first-order chi connectivity index (χ1) is 11.2. The smallest absolute Gasteiger partial charge is 0.267 e. The number of thiophene rings is 1. The van der Waals surface area contributed by atoms with E-state index in [1.54, 1.807) is 17.6 Å². The summed E-state index contributed by atoms with van der Waals surface area (Å²) >= 11 is 1.56. The van der Waals surface area contributed by atoms with Gasteiger partial charge in [-0.3, -0.25) is 4.79 Å². The Kier molecular flexibility index (Phi) is 4.48. The van der Waals surface area contributed by atoms with Crippen molar-refractivity contribution < 1.29 is 0 Å². The third-order valence-corrected chi connectivity index (χ3v) is 4.60. The van der Waals surface area contributed by atoms with Gasteiger partial charge in [-0.15, -0.1) is 11.3 Å². The van der Waals surface area contributed by atoms with Gasteiger partial charge >= 0.3 is 0 Å². The van der Waals surface area contributed by atoms with Crippen molar-refractivity contribution in [2.24, 2.45) is 5.10 Å². The monoisotopic (exact) mass is 323 g/mol. The number of nitrogens with zero attached hydrogens (tertiary/aromatic N) is 3. The maximum Gasteiger partial charge on any atom is 0.282 e. The Balaban J connectivity index is 1.90. The molecular formula is C18H17N3OS. The van der Waals surface area contributed by atoms with Crippen LogP contribution in [0.2, 0.25) is 0 Å². The van der Waals surface area contributed by atoms with Crippen molar-refractivity contribution in [3.63, 3.8) is 0 Å². The van der Waals surface area contributed by atoms with Crippen LogP contribution in [0.5, 0.6) is 0 Å². The highest BCUT2D eigenvalue weighted by molar-refractivity contribution is 7.18. The molecule has 5 heteroatoms. The second-order valence-electron chi connectivity index (χ2n) is 5.22. The van der Waals surface area contributed by atoms with Crippen molar-refractivity contribution in [1.29, 1.82) is 0 Å². The van der Waals surface area contributed by atoms with Gasteiger partial charge in [-0.05, 0) is 30.5 Å². The van der Waals surface area contributed by atoms with Crippen LogP contribution in [-0.2, 0) is 6.42 Å². The minimum Gasteiger partial charge on any atom is -0.267 e. The molecule has 3 aromatic rings. The quantitative estimate of drug-likeness (QED) is 0.682. The van der Waals surface area contributed by atoms with Crippen LogP contribution in [0.3, 0.4) is 0 Å². The van der Waals surface area contributed by atoms with E-state index in [1.807, 2.05) is 49.4 Å².